The van der Waals surface area contributed by atoms with E-state index >= 15 is 0 Å². The SMILES string of the molecule is CCNC(=NCC1CN(C)CCN1C)N1CCN(CC(=O)N2CCCCCC2)CC1. The molecule has 1 atom stereocenters. The van der Waals surface area contributed by atoms with Crippen molar-refractivity contribution in [2.45, 2.75) is 38.6 Å². The average molecular weight is 422 g/mol. The van der Waals surface area contributed by atoms with Crippen molar-refractivity contribution in [2.75, 3.05) is 92.6 Å². The Balaban J connectivity index is 1.47. The summed E-state index contributed by atoms with van der Waals surface area (Å²) in [4.78, 5) is 29.3. The molecule has 0 bridgehead atoms. The van der Waals surface area contributed by atoms with Crippen LogP contribution in [0.5, 0.6) is 0 Å². The molecule has 3 heterocycles. The fourth-order valence-electron chi connectivity index (χ4n) is 4.65. The van der Waals surface area contributed by atoms with Crippen molar-refractivity contribution in [3.05, 3.63) is 0 Å². The number of nitrogens with one attached hydrogen (secondary N) is 1. The molecule has 8 heteroatoms. The molecule has 3 aliphatic rings. The molecule has 1 amide bonds. The van der Waals surface area contributed by atoms with Gasteiger partial charge in [0.1, 0.15) is 0 Å². The minimum Gasteiger partial charge on any atom is -0.357 e. The molecule has 3 saturated heterocycles. The summed E-state index contributed by atoms with van der Waals surface area (Å²) in [7, 11) is 4.40. The van der Waals surface area contributed by atoms with Gasteiger partial charge in [-0.25, -0.2) is 0 Å². The fourth-order valence-corrected chi connectivity index (χ4v) is 4.65. The predicted octanol–water partition coefficient (Wildman–Crippen LogP) is 0.218. The van der Waals surface area contributed by atoms with E-state index in [4.69, 9.17) is 4.99 Å². The van der Waals surface area contributed by atoms with Crippen LogP contribution >= 0.6 is 0 Å². The lowest BCUT2D eigenvalue weighted by Gasteiger charge is -2.38. The largest absolute Gasteiger partial charge is 0.357 e. The third-order valence-electron chi connectivity index (χ3n) is 6.76. The zero-order chi connectivity index (χ0) is 21.3. The molecular formula is C22H43N7O. The highest BCUT2D eigenvalue weighted by Crippen LogP contribution is 2.11. The van der Waals surface area contributed by atoms with Crippen LogP contribution in [-0.4, -0.2) is 135 Å². The molecule has 8 nitrogen and oxygen atoms in total. The maximum atomic E-state index is 12.7. The number of guanidine groups is 1. The van der Waals surface area contributed by atoms with Crippen molar-refractivity contribution < 1.29 is 4.79 Å². The van der Waals surface area contributed by atoms with Gasteiger partial charge in [0.15, 0.2) is 5.96 Å². The molecule has 0 aromatic carbocycles. The Labute approximate surface area is 183 Å². The summed E-state index contributed by atoms with van der Waals surface area (Å²) in [6, 6.07) is 0.477. The Morgan fingerprint density at radius 2 is 1.60 bits per heavy atom. The van der Waals surface area contributed by atoms with Gasteiger partial charge in [0.25, 0.3) is 0 Å². The molecule has 0 saturated carbocycles. The van der Waals surface area contributed by atoms with Crippen molar-refractivity contribution in [3.63, 3.8) is 0 Å². The second-order valence-electron chi connectivity index (χ2n) is 9.15. The van der Waals surface area contributed by atoms with Gasteiger partial charge in [0, 0.05) is 71.5 Å². The number of carbonyl (C=O) groups excluding carboxylic acids is 1. The first-order valence-corrected chi connectivity index (χ1v) is 12.0. The molecule has 0 aromatic rings. The number of piperazine rings is 2. The lowest BCUT2D eigenvalue weighted by Crippen LogP contribution is -2.55. The lowest BCUT2D eigenvalue weighted by atomic mass is 10.2. The van der Waals surface area contributed by atoms with E-state index in [1.807, 2.05) is 0 Å². The first-order chi connectivity index (χ1) is 14.6. The summed E-state index contributed by atoms with van der Waals surface area (Å²) in [6.07, 6.45) is 4.85. The standard InChI is InChI=1S/C22H43N7O/c1-4-23-22(24-17-20-18-25(2)11-12-26(20)3)29-15-13-27(14-16-29)19-21(30)28-9-7-5-6-8-10-28/h20H,4-19H2,1-3H3,(H,23,24). The number of aliphatic imine (C=N–C) groups is 1. The molecule has 3 fully saturated rings. The fraction of sp³-hybridized carbons (Fsp3) is 0.909. The van der Waals surface area contributed by atoms with Crippen LogP contribution in [0.2, 0.25) is 0 Å². The third-order valence-corrected chi connectivity index (χ3v) is 6.76. The second-order valence-corrected chi connectivity index (χ2v) is 9.15. The van der Waals surface area contributed by atoms with Crippen LogP contribution < -0.4 is 5.32 Å². The van der Waals surface area contributed by atoms with Crippen LogP contribution in [0.4, 0.5) is 0 Å². The Bertz CT molecular complexity index is 554. The first-order valence-electron chi connectivity index (χ1n) is 12.0. The van der Waals surface area contributed by atoms with E-state index in [2.05, 4.69) is 50.8 Å². The van der Waals surface area contributed by atoms with Gasteiger partial charge in [-0.3, -0.25) is 19.6 Å². The molecule has 0 aromatic heterocycles. The maximum absolute atomic E-state index is 12.7. The van der Waals surface area contributed by atoms with E-state index in [1.54, 1.807) is 0 Å². The van der Waals surface area contributed by atoms with E-state index in [-0.39, 0.29) is 0 Å². The average Bonchev–Trinajstić information content (AvgIpc) is 3.04. The van der Waals surface area contributed by atoms with Crippen LogP contribution in [0.1, 0.15) is 32.6 Å². The lowest BCUT2D eigenvalue weighted by molar-refractivity contribution is -0.132. The van der Waals surface area contributed by atoms with E-state index < -0.39 is 0 Å². The number of likely N-dealkylation sites (N-methyl/N-ethyl adjacent to an activating group) is 2. The molecule has 0 spiro atoms. The van der Waals surface area contributed by atoms with E-state index in [9.17, 15) is 4.79 Å². The quantitative estimate of drug-likeness (QED) is 0.506. The summed E-state index contributed by atoms with van der Waals surface area (Å²) in [5.74, 6) is 1.34. The number of rotatable bonds is 5. The van der Waals surface area contributed by atoms with Gasteiger partial charge in [-0.15, -0.1) is 0 Å². The van der Waals surface area contributed by atoms with Crippen molar-refractivity contribution in [1.82, 2.24) is 29.8 Å². The molecule has 3 aliphatic heterocycles. The summed E-state index contributed by atoms with van der Waals surface area (Å²) >= 11 is 0. The van der Waals surface area contributed by atoms with Crippen LogP contribution in [0, 0.1) is 0 Å². The molecule has 30 heavy (non-hydrogen) atoms. The van der Waals surface area contributed by atoms with Crippen molar-refractivity contribution in [3.8, 4) is 0 Å². The number of hydrogen-bond acceptors (Lipinski definition) is 5. The van der Waals surface area contributed by atoms with Gasteiger partial charge >= 0.3 is 0 Å². The highest BCUT2D eigenvalue weighted by Gasteiger charge is 2.25. The van der Waals surface area contributed by atoms with E-state index in [0.717, 1.165) is 90.8 Å². The molecule has 0 radical (unpaired) electrons. The van der Waals surface area contributed by atoms with Gasteiger partial charge in [0.2, 0.25) is 5.91 Å². The Hall–Kier alpha value is -1.38. The normalized spacial score (nSPS) is 26.0. The molecule has 172 valence electrons. The summed E-state index contributed by atoms with van der Waals surface area (Å²) in [6.45, 7) is 13.3. The number of amides is 1. The number of hydrogen-bond donors (Lipinski definition) is 1. The first kappa shape index (κ1) is 23.3. The van der Waals surface area contributed by atoms with Gasteiger partial charge < -0.3 is 20.0 Å². The monoisotopic (exact) mass is 421 g/mol. The zero-order valence-electron chi connectivity index (χ0n) is 19.5. The summed E-state index contributed by atoms with van der Waals surface area (Å²) in [5.41, 5.74) is 0. The van der Waals surface area contributed by atoms with E-state index in [0.29, 0.717) is 18.5 Å². The maximum Gasteiger partial charge on any atom is 0.236 e. The second kappa shape index (κ2) is 11.9. The molecule has 1 N–H and O–H groups in total. The Morgan fingerprint density at radius 3 is 2.27 bits per heavy atom. The molecule has 0 aliphatic carbocycles. The smallest absolute Gasteiger partial charge is 0.236 e. The number of likely N-dealkylation sites (tertiary alicyclic amines) is 1. The van der Waals surface area contributed by atoms with Gasteiger partial charge in [-0.1, -0.05) is 12.8 Å². The third kappa shape index (κ3) is 6.82. The highest BCUT2D eigenvalue weighted by molar-refractivity contribution is 5.80. The Morgan fingerprint density at radius 1 is 0.900 bits per heavy atom. The van der Waals surface area contributed by atoms with E-state index in [1.165, 1.54) is 12.8 Å². The van der Waals surface area contributed by atoms with Gasteiger partial charge in [-0.2, -0.15) is 0 Å². The zero-order valence-corrected chi connectivity index (χ0v) is 19.5. The predicted molar refractivity (Wildman–Crippen MR) is 123 cm³/mol. The molecule has 1 unspecified atom stereocenters. The van der Waals surface area contributed by atoms with Crippen molar-refractivity contribution in [1.29, 1.82) is 0 Å². The topological polar surface area (TPSA) is 57.7 Å². The number of carbonyl (C=O) groups is 1. The van der Waals surface area contributed by atoms with Crippen LogP contribution in [0.15, 0.2) is 4.99 Å². The highest BCUT2D eigenvalue weighted by atomic mass is 16.2. The summed E-state index contributed by atoms with van der Waals surface area (Å²) < 4.78 is 0. The van der Waals surface area contributed by atoms with Gasteiger partial charge in [0.05, 0.1) is 13.1 Å². The van der Waals surface area contributed by atoms with Crippen molar-refractivity contribution in [2.24, 2.45) is 4.99 Å². The van der Waals surface area contributed by atoms with Crippen LogP contribution in [0.25, 0.3) is 0 Å². The Kier molecular flexibility index (Phi) is 9.21. The minimum absolute atomic E-state index is 0.315. The molecular weight excluding hydrogens is 378 g/mol. The van der Waals surface area contributed by atoms with Crippen molar-refractivity contribution >= 4 is 11.9 Å². The summed E-state index contributed by atoms with van der Waals surface area (Å²) in [5, 5.41) is 3.48. The number of nitrogens with zero attached hydrogens (tertiary/aromatic N) is 6. The molecule has 3 rings (SSSR count). The van der Waals surface area contributed by atoms with Gasteiger partial charge in [-0.05, 0) is 33.9 Å². The van der Waals surface area contributed by atoms with Crippen LogP contribution in [0.3, 0.4) is 0 Å². The minimum atomic E-state index is 0.315. The van der Waals surface area contributed by atoms with Crippen LogP contribution in [-0.2, 0) is 4.79 Å².